The Morgan fingerprint density at radius 1 is 1.25 bits per heavy atom. The van der Waals surface area contributed by atoms with Crippen molar-refractivity contribution < 1.29 is 19.1 Å². The van der Waals surface area contributed by atoms with E-state index in [1.165, 1.54) is 0 Å². The predicted octanol–water partition coefficient (Wildman–Crippen LogP) is 1.56. The number of para-hydroxylation sites is 2. The number of benzene rings is 1. The Kier molecular flexibility index (Phi) is 5.09. The summed E-state index contributed by atoms with van der Waals surface area (Å²) < 4.78 is 14.0. The number of nitrogens with zero attached hydrogens (tertiary/aromatic N) is 2. The number of carbonyl (C=O) groups excluding carboxylic acids is 2. The van der Waals surface area contributed by atoms with Crippen molar-refractivity contribution in [2.75, 3.05) is 32.8 Å². The van der Waals surface area contributed by atoms with Crippen LogP contribution in [0.4, 0.5) is 0 Å². The van der Waals surface area contributed by atoms with Gasteiger partial charge >= 0.3 is 0 Å². The number of ether oxygens (including phenoxy) is 2. The second kappa shape index (κ2) is 7.67. The van der Waals surface area contributed by atoms with Gasteiger partial charge in [0.05, 0.1) is 19.6 Å². The normalized spacial score (nSPS) is 19.4. The number of fused-ring (bicyclic) bond motifs is 1. The molecule has 2 aromatic rings. The van der Waals surface area contributed by atoms with Gasteiger partial charge in [-0.3, -0.25) is 14.5 Å². The number of hydrogen-bond acceptors (Lipinski definition) is 5. The van der Waals surface area contributed by atoms with Crippen LogP contribution in [0.3, 0.4) is 0 Å². The monoisotopic (exact) mass is 383 g/mol. The van der Waals surface area contributed by atoms with Gasteiger partial charge in [0.25, 0.3) is 0 Å². The van der Waals surface area contributed by atoms with E-state index in [0.29, 0.717) is 31.8 Å². The van der Waals surface area contributed by atoms with Gasteiger partial charge in [-0.15, -0.1) is 0 Å². The lowest BCUT2D eigenvalue weighted by molar-refractivity contribution is -0.123. The van der Waals surface area contributed by atoms with Crippen LogP contribution in [0, 0.1) is 13.8 Å². The largest absolute Gasteiger partial charge is 0.486 e. The minimum absolute atomic E-state index is 0.0285. The third kappa shape index (κ3) is 3.75. The maximum atomic E-state index is 12.8. The van der Waals surface area contributed by atoms with Crippen LogP contribution in [0.15, 0.2) is 30.3 Å². The molecule has 0 unspecified atom stereocenters. The molecule has 0 spiro atoms. The van der Waals surface area contributed by atoms with Crippen LogP contribution in [0.2, 0.25) is 0 Å². The van der Waals surface area contributed by atoms with Crippen molar-refractivity contribution in [2.45, 2.75) is 26.5 Å². The van der Waals surface area contributed by atoms with Gasteiger partial charge in [-0.1, -0.05) is 12.1 Å². The Hall–Kier alpha value is -2.80. The van der Waals surface area contributed by atoms with Crippen molar-refractivity contribution in [1.29, 1.82) is 0 Å². The Morgan fingerprint density at radius 3 is 2.82 bits per heavy atom. The third-order valence-corrected chi connectivity index (χ3v) is 5.31. The second-order valence-electron chi connectivity index (χ2n) is 7.38. The fourth-order valence-corrected chi connectivity index (χ4v) is 3.84. The summed E-state index contributed by atoms with van der Waals surface area (Å²) in [5, 5.41) is 2.78. The summed E-state index contributed by atoms with van der Waals surface area (Å²) in [5.74, 6) is 1.53. The molecule has 4 rings (SSSR count). The zero-order valence-corrected chi connectivity index (χ0v) is 16.2. The molecule has 1 saturated heterocycles. The van der Waals surface area contributed by atoms with E-state index in [1.807, 2.05) is 49.1 Å². The standard InChI is InChI=1S/C21H25N3O4/c1-14-9-17(18(25)11-23-8-7-22-21(26)12-23)15(2)24(14)10-16-13-27-19-5-3-4-6-20(19)28-16/h3-6,9,16H,7-8,10-13H2,1-2H3,(H,22,26)/t16-/m0/s1. The number of aryl methyl sites for hydroxylation is 1. The van der Waals surface area contributed by atoms with E-state index < -0.39 is 0 Å². The van der Waals surface area contributed by atoms with E-state index in [4.69, 9.17) is 9.47 Å². The Labute approximate surface area is 164 Å². The molecule has 1 aromatic heterocycles. The highest BCUT2D eigenvalue weighted by molar-refractivity contribution is 5.99. The molecule has 1 atom stereocenters. The van der Waals surface area contributed by atoms with Crippen LogP contribution < -0.4 is 14.8 Å². The first-order valence-corrected chi connectivity index (χ1v) is 9.58. The number of nitrogens with one attached hydrogen (secondary N) is 1. The molecule has 1 fully saturated rings. The molecule has 28 heavy (non-hydrogen) atoms. The van der Waals surface area contributed by atoms with E-state index in [1.54, 1.807) is 0 Å². The van der Waals surface area contributed by atoms with Crippen LogP contribution >= 0.6 is 0 Å². The molecule has 2 aliphatic heterocycles. The minimum atomic E-state index is -0.117. The van der Waals surface area contributed by atoms with Crippen molar-refractivity contribution in [3.63, 3.8) is 0 Å². The maximum Gasteiger partial charge on any atom is 0.234 e. The molecule has 7 heteroatoms. The van der Waals surface area contributed by atoms with Crippen LogP contribution in [-0.4, -0.2) is 60.0 Å². The molecule has 7 nitrogen and oxygen atoms in total. The Morgan fingerprint density at radius 2 is 2.04 bits per heavy atom. The van der Waals surface area contributed by atoms with Gasteiger partial charge in [0, 0.05) is 30.0 Å². The first kappa shape index (κ1) is 18.6. The van der Waals surface area contributed by atoms with E-state index >= 15 is 0 Å². The summed E-state index contributed by atoms with van der Waals surface area (Å²) in [7, 11) is 0. The molecule has 148 valence electrons. The molecule has 0 radical (unpaired) electrons. The molecule has 0 saturated carbocycles. The highest BCUT2D eigenvalue weighted by Crippen LogP contribution is 2.31. The van der Waals surface area contributed by atoms with Gasteiger partial charge in [0.1, 0.15) is 6.61 Å². The molecule has 2 aliphatic rings. The van der Waals surface area contributed by atoms with Crippen LogP contribution in [0.1, 0.15) is 21.7 Å². The number of Topliss-reactive ketones (excluding diaryl/α,β-unsaturated/α-hetero) is 1. The molecule has 3 heterocycles. The predicted molar refractivity (Wildman–Crippen MR) is 104 cm³/mol. The fourth-order valence-electron chi connectivity index (χ4n) is 3.84. The number of ketones is 1. The second-order valence-corrected chi connectivity index (χ2v) is 7.38. The van der Waals surface area contributed by atoms with Gasteiger partial charge in [-0.25, -0.2) is 0 Å². The number of piperazine rings is 1. The van der Waals surface area contributed by atoms with Crippen molar-refractivity contribution in [3.05, 3.63) is 47.3 Å². The molecule has 1 N–H and O–H groups in total. The number of amides is 1. The lowest BCUT2D eigenvalue weighted by Crippen LogP contribution is -2.49. The number of aromatic nitrogens is 1. The van der Waals surface area contributed by atoms with Crippen molar-refractivity contribution >= 4 is 11.7 Å². The Balaban J connectivity index is 1.45. The topological polar surface area (TPSA) is 72.8 Å². The van der Waals surface area contributed by atoms with Crippen LogP contribution in [-0.2, 0) is 11.3 Å². The summed E-state index contributed by atoms with van der Waals surface area (Å²) in [5.41, 5.74) is 2.65. The molecule has 1 amide bonds. The van der Waals surface area contributed by atoms with Gasteiger partial charge in [-0.05, 0) is 32.0 Å². The summed E-state index contributed by atoms with van der Waals surface area (Å²) in [6.45, 7) is 6.86. The van der Waals surface area contributed by atoms with Crippen molar-refractivity contribution in [1.82, 2.24) is 14.8 Å². The van der Waals surface area contributed by atoms with Gasteiger partial charge in [-0.2, -0.15) is 0 Å². The van der Waals surface area contributed by atoms with Gasteiger partial charge in [0.2, 0.25) is 5.91 Å². The summed E-state index contributed by atoms with van der Waals surface area (Å²) in [4.78, 5) is 26.2. The van der Waals surface area contributed by atoms with E-state index in [9.17, 15) is 9.59 Å². The maximum absolute atomic E-state index is 12.8. The van der Waals surface area contributed by atoms with E-state index in [-0.39, 0.29) is 30.9 Å². The first-order valence-electron chi connectivity index (χ1n) is 9.58. The molecular weight excluding hydrogens is 358 g/mol. The summed E-state index contributed by atoms with van der Waals surface area (Å²) in [6.07, 6.45) is -0.117. The smallest absolute Gasteiger partial charge is 0.234 e. The lowest BCUT2D eigenvalue weighted by atomic mass is 10.1. The SMILES string of the molecule is Cc1cc(C(=O)CN2CCNC(=O)C2)c(C)n1C[C@H]1COc2ccccc2O1. The third-order valence-electron chi connectivity index (χ3n) is 5.31. The van der Waals surface area contributed by atoms with Crippen molar-refractivity contribution in [2.24, 2.45) is 0 Å². The summed E-state index contributed by atoms with van der Waals surface area (Å²) >= 11 is 0. The van der Waals surface area contributed by atoms with Gasteiger partial charge in [0.15, 0.2) is 23.4 Å². The lowest BCUT2D eigenvalue weighted by Gasteiger charge is -2.27. The minimum Gasteiger partial charge on any atom is -0.486 e. The average molecular weight is 383 g/mol. The highest BCUT2D eigenvalue weighted by atomic mass is 16.6. The Bertz CT molecular complexity index is 905. The summed E-state index contributed by atoms with van der Waals surface area (Å²) in [6, 6.07) is 9.58. The number of carbonyl (C=O) groups is 2. The molecule has 0 bridgehead atoms. The number of hydrogen-bond donors (Lipinski definition) is 1. The average Bonchev–Trinajstić information content (AvgIpc) is 2.96. The van der Waals surface area contributed by atoms with E-state index in [0.717, 1.165) is 22.9 Å². The number of rotatable bonds is 5. The van der Waals surface area contributed by atoms with E-state index in [2.05, 4.69) is 9.88 Å². The van der Waals surface area contributed by atoms with Crippen molar-refractivity contribution in [3.8, 4) is 11.5 Å². The fraction of sp³-hybridized carbons (Fsp3) is 0.429. The quantitative estimate of drug-likeness (QED) is 0.794. The van der Waals surface area contributed by atoms with Gasteiger partial charge < -0.3 is 19.4 Å². The molecule has 0 aliphatic carbocycles. The molecular formula is C21H25N3O4. The zero-order valence-electron chi connectivity index (χ0n) is 16.2. The molecule has 1 aromatic carbocycles. The first-order chi connectivity index (χ1) is 13.5. The highest BCUT2D eigenvalue weighted by Gasteiger charge is 2.25. The van der Waals surface area contributed by atoms with Crippen LogP contribution in [0.25, 0.3) is 0 Å². The van der Waals surface area contributed by atoms with Crippen LogP contribution in [0.5, 0.6) is 11.5 Å². The zero-order chi connectivity index (χ0) is 19.7.